The predicted octanol–water partition coefficient (Wildman–Crippen LogP) is 5.52. The van der Waals surface area contributed by atoms with Gasteiger partial charge < -0.3 is 34.5 Å². The number of aliphatic hydroxyl groups is 1. The van der Waals surface area contributed by atoms with E-state index in [1.807, 2.05) is 13.0 Å². The van der Waals surface area contributed by atoms with Crippen molar-refractivity contribution in [2.45, 2.75) is 110 Å². The molecule has 1 aliphatic heterocycles. The van der Waals surface area contributed by atoms with Gasteiger partial charge in [0.1, 0.15) is 18.8 Å². The minimum atomic E-state index is -2.07. The van der Waals surface area contributed by atoms with Crippen LogP contribution in [-0.2, 0) is 47.7 Å². The lowest BCUT2D eigenvalue weighted by molar-refractivity contribution is -0.246. The van der Waals surface area contributed by atoms with Gasteiger partial charge in [0.25, 0.3) is 5.91 Å². The van der Waals surface area contributed by atoms with E-state index in [9.17, 15) is 43.5 Å². The molecule has 1 amide bonds. The highest BCUT2D eigenvalue weighted by Crippen LogP contribution is 2.72. The molecule has 5 aliphatic rings. The van der Waals surface area contributed by atoms with Crippen LogP contribution in [0.3, 0.4) is 0 Å². The maximum Gasteiger partial charge on any atom is 0.338 e. The fourth-order valence-electron chi connectivity index (χ4n) is 10.3. The summed E-state index contributed by atoms with van der Waals surface area (Å²) in [6.07, 6.45) is 3.06. The SMILES string of the molecule is CC(=O)CC(=O)O.CC(=O)COC(=O)c1ccccc1.CC(CNC(=O)c1ccccc1)C(=O)OCC(=O)[C@@]12OC(C)(C)O[C@@H]1C[C@H]1[C@@H]3CCC4=CC(=O)C=C[C@]4(C)[C@@]3(F)[C@@H](O)C[C@@]12C. The molecule has 4 fully saturated rings. The number of esters is 2. The van der Waals surface area contributed by atoms with Gasteiger partial charge in [-0.05, 0) is 103 Å². The molecule has 0 bridgehead atoms. The summed E-state index contributed by atoms with van der Waals surface area (Å²) in [7, 11) is 0. The Balaban J connectivity index is 0.000000328. The minimum absolute atomic E-state index is 0.0165. The number of hydrogen-bond acceptors (Lipinski definition) is 13. The number of nitrogens with one attached hydrogen (secondary N) is 1. The predicted molar refractivity (Wildman–Crippen MR) is 231 cm³/mol. The van der Waals surface area contributed by atoms with Gasteiger partial charge in [-0.1, -0.05) is 61.9 Å². The summed E-state index contributed by atoms with van der Waals surface area (Å²) in [5, 5.41) is 22.3. The Bertz CT molecular complexity index is 2230. The maximum absolute atomic E-state index is 17.6. The standard InChI is InChI=1S/C35H42FNO8.C10H10O3.C4H6O3/c1-20(18-37-29(41)21-9-7-6-8-10-21)30(42)43-19-27(40)35-28(44-31(2,3)45-35)16-25-24-12-11-22-15-23(38)13-14-32(22,4)34(24,36)26(39)17-33(25,35)5;1-8(11)7-13-10(12)9-5-3-2-4-6-9;1-3(5)2-4(6)7/h6-10,13-15,20,24-26,28,39H,11-12,16-19H2,1-5H3,(H,37,41);2-6H,7H2,1H3;2H2,1H3,(H,6,7)/t20?,24-,25-,26-,28+,32-,33-,34-,35+;;/m0../s1. The number of alkyl halides is 1. The molecule has 3 saturated carbocycles. The lowest BCUT2D eigenvalue weighted by Crippen LogP contribution is -2.70. The van der Waals surface area contributed by atoms with Gasteiger partial charge in [-0.2, -0.15) is 0 Å². The average molecular weight is 904 g/mol. The highest BCUT2D eigenvalue weighted by atomic mass is 19.1. The Morgan fingerprint density at radius 2 is 1.49 bits per heavy atom. The topological polar surface area (TPSA) is 226 Å². The monoisotopic (exact) mass is 903 g/mol. The molecule has 1 heterocycles. The van der Waals surface area contributed by atoms with Crippen LogP contribution < -0.4 is 5.32 Å². The Kier molecular flexibility index (Phi) is 15.3. The normalized spacial score (nSPS) is 30.4. The van der Waals surface area contributed by atoms with Gasteiger partial charge >= 0.3 is 17.9 Å². The Morgan fingerprint density at radius 3 is 2.06 bits per heavy atom. The van der Waals surface area contributed by atoms with Gasteiger partial charge in [0.05, 0.1) is 23.7 Å². The lowest BCUT2D eigenvalue weighted by Gasteiger charge is -2.62. The van der Waals surface area contributed by atoms with Crippen LogP contribution in [0.2, 0.25) is 0 Å². The first-order valence-electron chi connectivity index (χ1n) is 21.6. The third-order valence-electron chi connectivity index (χ3n) is 13.2. The van der Waals surface area contributed by atoms with E-state index in [1.165, 1.54) is 26.0 Å². The van der Waals surface area contributed by atoms with Crippen molar-refractivity contribution in [3.63, 3.8) is 0 Å². The molecule has 2 aromatic rings. The van der Waals surface area contributed by atoms with Crippen LogP contribution in [0.4, 0.5) is 4.39 Å². The first-order valence-corrected chi connectivity index (χ1v) is 21.6. The van der Waals surface area contributed by atoms with E-state index in [0.29, 0.717) is 36.0 Å². The van der Waals surface area contributed by atoms with Gasteiger partial charge in [0.2, 0.25) is 5.78 Å². The third-order valence-corrected chi connectivity index (χ3v) is 13.2. The Labute approximate surface area is 377 Å². The van der Waals surface area contributed by atoms with Crippen molar-refractivity contribution in [3.05, 3.63) is 95.6 Å². The zero-order valence-corrected chi connectivity index (χ0v) is 37.7. The van der Waals surface area contributed by atoms with Crippen molar-refractivity contribution in [2.75, 3.05) is 19.8 Å². The van der Waals surface area contributed by atoms with Gasteiger partial charge in [0.15, 0.2) is 35.2 Å². The maximum atomic E-state index is 17.6. The first-order chi connectivity index (χ1) is 30.4. The van der Waals surface area contributed by atoms with E-state index < -0.39 is 82.2 Å². The number of aliphatic hydroxyl groups excluding tert-OH is 1. The molecule has 350 valence electrons. The van der Waals surface area contributed by atoms with Gasteiger partial charge in [0, 0.05) is 28.9 Å². The molecule has 4 aliphatic carbocycles. The molecule has 9 atom stereocenters. The number of carboxylic acids is 1. The van der Waals surface area contributed by atoms with Gasteiger partial charge in [-0.25, -0.2) is 9.18 Å². The number of carbonyl (C=O) groups is 8. The molecule has 65 heavy (non-hydrogen) atoms. The minimum Gasteiger partial charge on any atom is -0.481 e. The van der Waals surface area contributed by atoms with E-state index >= 15 is 4.39 Å². The number of ether oxygens (including phenoxy) is 4. The van der Waals surface area contributed by atoms with Crippen LogP contribution in [0, 0.1) is 28.6 Å². The van der Waals surface area contributed by atoms with E-state index in [4.69, 9.17) is 24.1 Å². The molecule has 16 heteroatoms. The molecule has 2 aromatic carbocycles. The number of rotatable bonds is 12. The number of benzene rings is 2. The molecule has 0 radical (unpaired) electrons. The zero-order chi connectivity index (χ0) is 48.1. The molecule has 15 nitrogen and oxygen atoms in total. The highest BCUT2D eigenvalue weighted by molar-refractivity contribution is 6.01. The lowest BCUT2D eigenvalue weighted by atomic mass is 9.44. The van der Waals surface area contributed by atoms with Crippen LogP contribution >= 0.6 is 0 Å². The van der Waals surface area contributed by atoms with Crippen molar-refractivity contribution in [3.8, 4) is 0 Å². The van der Waals surface area contributed by atoms with Crippen LogP contribution in [-0.4, -0.2) is 106 Å². The van der Waals surface area contributed by atoms with E-state index in [-0.39, 0.29) is 55.2 Å². The number of allylic oxidation sites excluding steroid dienone is 4. The third kappa shape index (κ3) is 10.2. The number of hydrogen-bond donors (Lipinski definition) is 3. The number of Topliss-reactive ketones (excluding diaryl/α,β-unsaturated/α-hetero) is 3. The number of amides is 1. The van der Waals surface area contributed by atoms with Crippen LogP contribution in [0.15, 0.2) is 84.5 Å². The number of halogens is 1. The van der Waals surface area contributed by atoms with E-state index in [1.54, 1.807) is 88.4 Å². The van der Waals surface area contributed by atoms with Crippen molar-refractivity contribution in [1.82, 2.24) is 5.32 Å². The highest BCUT2D eigenvalue weighted by Gasteiger charge is 2.80. The van der Waals surface area contributed by atoms with Crippen LogP contribution in [0.5, 0.6) is 0 Å². The molecular formula is C49H58FNO14. The molecule has 0 spiro atoms. The van der Waals surface area contributed by atoms with Crippen molar-refractivity contribution < 1.29 is 71.9 Å². The largest absolute Gasteiger partial charge is 0.481 e. The second-order valence-corrected chi connectivity index (χ2v) is 18.3. The molecule has 3 N–H and O–H groups in total. The quantitative estimate of drug-likeness (QED) is 0.176. The summed E-state index contributed by atoms with van der Waals surface area (Å²) in [5.74, 6) is -6.56. The summed E-state index contributed by atoms with van der Waals surface area (Å²) in [5.41, 5.74) is -4.24. The Morgan fingerprint density at radius 1 is 0.877 bits per heavy atom. The number of carbonyl (C=O) groups excluding carboxylic acids is 7. The van der Waals surface area contributed by atoms with E-state index in [2.05, 4.69) is 5.32 Å². The van der Waals surface area contributed by atoms with Crippen LogP contribution in [0.25, 0.3) is 0 Å². The average Bonchev–Trinajstić information content (AvgIpc) is 3.66. The summed E-state index contributed by atoms with van der Waals surface area (Å²) in [6, 6.07) is 17.2. The number of carboxylic acid groups (broad SMARTS) is 1. The van der Waals surface area contributed by atoms with Crippen molar-refractivity contribution in [1.29, 1.82) is 0 Å². The summed E-state index contributed by atoms with van der Waals surface area (Å²) >= 11 is 0. The summed E-state index contributed by atoms with van der Waals surface area (Å²) in [6.45, 7) is 10.5. The smallest absolute Gasteiger partial charge is 0.338 e. The zero-order valence-electron chi connectivity index (χ0n) is 37.7. The molecule has 1 saturated heterocycles. The number of aliphatic carboxylic acids is 1. The second-order valence-electron chi connectivity index (χ2n) is 18.3. The molecule has 7 rings (SSSR count). The summed E-state index contributed by atoms with van der Waals surface area (Å²) in [4.78, 5) is 92.9. The molecular weight excluding hydrogens is 846 g/mol. The first kappa shape index (κ1) is 50.3. The fourth-order valence-corrected chi connectivity index (χ4v) is 10.3. The second kappa shape index (κ2) is 19.8. The van der Waals surface area contributed by atoms with Crippen molar-refractivity contribution in [2.24, 2.45) is 28.6 Å². The number of fused-ring (bicyclic) bond motifs is 7. The fraction of sp³-hybridized carbons (Fsp3) is 0.510. The van der Waals surface area contributed by atoms with Gasteiger partial charge in [-0.15, -0.1) is 0 Å². The Hall–Kier alpha value is -5.71. The summed E-state index contributed by atoms with van der Waals surface area (Å²) < 4.78 is 40.6. The molecule has 0 aromatic heterocycles. The van der Waals surface area contributed by atoms with Crippen molar-refractivity contribution >= 4 is 46.9 Å². The van der Waals surface area contributed by atoms with Gasteiger partial charge in [-0.3, -0.25) is 33.6 Å². The van der Waals surface area contributed by atoms with Crippen LogP contribution in [0.1, 0.15) is 101 Å². The molecule has 1 unspecified atom stereocenters. The van der Waals surface area contributed by atoms with E-state index in [0.717, 1.165) is 0 Å². The number of ketones is 4.